The molecular formula is C17H24N4O. The van der Waals surface area contributed by atoms with Crippen molar-refractivity contribution in [3.63, 3.8) is 0 Å². The zero-order valence-corrected chi connectivity index (χ0v) is 13.2. The fourth-order valence-electron chi connectivity index (χ4n) is 2.20. The first kappa shape index (κ1) is 16.2. The van der Waals surface area contributed by atoms with E-state index in [9.17, 15) is 4.79 Å². The number of amides is 1. The number of hydrogen-bond acceptors (Lipinski definition) is 3. The second-order valence-corrected chi connectivity index (χ2v) is 6.03. The lowest BCUT2D eigenvalue weighted by molar-refractivity contribution is -0.125. The van der Waals surface area contributed by atoms with E-state index in [2.05, 4.69) is 39.1 Å². The van der Waals surface area contributed by atoms with Gasteiger partial charge in [-0.3, -0.25) is 4.79 Å². The Balaban J connectivity index is 1.83. The van der Waals surface area contributed by atoms with Gasteiger partial charge >= 0.3 is 0 Å². The van der Waals surface area contributed by atoms with Gasteiger partial charge in [-0.1, -0.05) is 30.3 Å². The van der Waals surface area contributed by atoms with Crippen LogP contribution in [0.2, 0.25) is 0 Å². The maximum absolute atomic E-state index is 11.8. The molecule has 0 saturated heterocycles. The first-order valence-electron chi connectivity index (χ1n) is 7.58. The zero-order chi connectivity index (χ0) is 16.0. The molecule has 0 aliphatic carbocycles. The summed E-state index contributed by atoms with van der Waals surface area (Å²) in [4.78, 5) is 16.1. The maximum atomic E-state index is 11.8. The van der Waals surface area contributed by atoms with E-state index in [1.165, 1.54) is 5.56 Å². The molecule has 0 unspecified atom stereocenters. The molecule has 3 N–H and O–H groups in total. The van der Waals surface area contributed by atoms with Crippen LogP contribution in [0.5, 0.6) is 0 Å². The van der Waals surface area contributed by atoms with Crippen molar-refractivity contribution in [2.24, 2.45) is 5.73 Å². The SMILES string of the molecule is CC(C)(N)C(=O)NCc1nccn1CCCc1ccccc1. The zero-order valence-electron chi connectivity index (χ0n) is 13.2. The fraction of sp³-hybridized carbons (Fsp3) is 0.412. The molecule has 1 aromatic heterocycles. The summed E-state index contributed by atoms with van der Waals surface area (Å²) >= 11 is 0. The van der Waals surface area contributed by atoms with Crippen LogP contribution in [0.25, 0.3) is 0 Å². The molecule has 1 aromatic carbocycles. The van der Waals surface area contributed by atoms with Gasteiger partial charge < -0.3 is 15.6 Å². The number of aryl methyl sites for hydroxylation is 2. The number of rotatable bonds is 7. The molecule has 0 radical (unpaired) electrons. The molecule has 5 nitrogen and oxygen atoms in total. The summed E-state index contributed by atoms with van der Waals surface area (Å²) in [6.45, 7) is 4.66. The number of nitrogens with two attached hydrogens (primary N) is 1. The van der Waals surface area contributed by atoms with Crippen LogP contribution in [-0.2, 0) is 24.3 Å². The van der Waals surface area contributed by atoms with Crippen LogP contribution < -0.4 is 11.1 Å². The monoisotopic (exact) mass is 300 g/mol. The van der Waals surface area contributed by atoms with Crippen molar-refractivity contribution in [2.75, 3.05) is 0 Å². The lowest BCUT2D eigenvalue weighted by Crippen LogP contribution is -2.48. The number of imidazole rings is 1. The highest BCUT2D eigenvalue weighted by atomic mass is 16.2. The number of carbonyl (C=O) groups excluding carboxylic acids is 1. The van der Waals surface area contributed by atoms with Crippen LogP contribution in [-0.4, -0.2) is 21.0 Å². The Kier molecular flexibility index (Phi) is 5.33. The second-order valence-electron chi connectivity index (χ2n) is 6.03. The minimum absolute atomic E-state index is 0.175. The summed E-state index contributed by atoms with van der Waals surface area (Å²) in [5.74, 6) is 0.678. The van der Waals surface area contributed by atoms with Crippen molar-refractivity contribution in [3.8, 4) is 0 Å². The normalized spacial score (nSPS) is 11.4. The number of hydrogen-bond donors (Lipinski definition) is 2. The molecule has 0 aliphatic heterocycles. The summed E-state index contributed by atoms with van der Waals surface area (Å²) in [6.07, 6.45) is 5.77. The molecule has 5 heteroatoms. The van der Waals surface area contributed by atoms with E-state index >= 15 is 0 Å². The van der Waals surface area contributed by atoms with E-state index in [0.29, 0.717) is 6.54 Å². The van der Waals surface area contributed by atoms with Gasteiger partial charge in [0.05, 0.1) is 12.1 Å². The minimum Gasteiger partial charge on any atom is -0.347 e. The predicted molar refractivity (Wildman–Crippen MR) is 87.1 cm³/mol. The predicted octanol–water partition coefficient (Wildman–Crippen LogP) is 1.87. The van der Waals surface area contributed by atoms with Gasteiger partial charge in [-0.15, -0.1) is 0 Å². The highest BCUT2D eigenvalue weighted by molar-refractivity contribution is 5.84. The number of aromatic nitrogens is 2. The molecular weight excluding hydrogens is 276 g/mol. The Morgan fingerprint density at radius 1 is 1.32 bits per heavy atom. The first-order chi connectivity index (χ1) is 10.5. The number of carbonyl (C=O) groups is 1. The van der Waals surface area contributed by atoms with Crippen LogP contribution >= 0.6 is 0 Å². The van der Waals surface area contributed by atoms with Gasteiger partial charge in [0.15, 0.2) is 0 Å². The molecule has 0 spiro atoms. The minimum atomic E-state index is -0.870. The van der Waals surface area contributed by atoms with Crippen LogP contribution in [0.3, 0.4) is 0 Å². The lowest BCUT2D eigenvalue weighted by Gasteiger charge is -2.17. The Hall–Kier alpha value is -2.14. The number of benzene rings is 1. The van der Waals surface area contributed by atoms with Gasteiger partial charge in [0.1, 0.15) is 5.82 Å². The Bertz CT molecular complexity index is 599. The third-order valence-corrected chi connectivity index (χ3v) is 3.50. The second kappa shape index (κ2) is 7.22. The van der Waals surface area contributed by atoms with Crippen LogP contribution in [0.15, 0.2) is 42.7 Å². The molecule has 1 amide bonds. The largest absolute Gasteiger partial charge is 0.347 e. The molecule has 22 heavy (non-hydrogen) atoms. The van der Waals surface area contributed by atoms with Crippen molar-refractivity contribution in [2.45, 2.75) is 45.3 Å². The average molecular weight is 300 g/mol. The number of nitrogens with one attached hydrogen (secondary N) is 1. The summed E-state index contributed by atoms with van der Waals surface area (Å²) in [5, 5.41) is 2.83. The van der Waals surface area contributed by atoms with Gasteiger partial charge in [0.2, 0.25) is 5.91 Å². The van der Waals surface area contributed by atoms with Crippen molar-refractivity contribution >= 4 is 5.91 Å². The third kappa shape index (κ3) is 4.70. The quantitative estimate of drug-likeness (QED) is 0.820. The molecule has 2 aromatic rings. The molecule has 0 aliphatic rings. The molecule has 0 bridgehead atoms. The van der Waals surface area contributed by atoms with Crippen molar-refractivity contribution in [3.05, 3.63) is 54.1 Å². The molecule has 0 fully saturated rings. The van der Waals surface area contributed by atoms with Gasteiger partial charge in [-0.05, 0) is 32.3 Å². The van der Waals surface area contributed by atoms with Gasteiger partial charge in [0, 0.05) is 18.9 Å². The lowest BCUT2D eigenvalue weighted by atomic mass is 10.1. The van der Waals surface area contributed by atoms with E-state index in [4.69, 9.17) is 5.73 Å². The van der Waals surface area contributed by atoms with Gasteiger partial charge in [-0.25, -0.2) is 4.98 Å². The summed E-state index contributed by atoms with van der Waals surface area (Å²) in [5.41, 5.74) is 6.23. The Morgan fingerprint density at radius 3 is 2.73 bits per heavy atom. The highest BCUT2D eigenvalue weighted by Crippen LogP contribution is 2.06. The van der Waals surface area contributed by atoms with Crippen molar-refractivity contribution < 1.29 is 4.79 Å². The van der Waals surface area contributed by atoms with Crippen LogP contribution in [0.1, 0.15) is 31.7 Å². The van der Waals surface area contributed by atoms with E-state index < -0.39 is 5.54 Å². The van der Waals surface area contributed by atoms with Crippen LogP contribution in [0, 0.1) is 0 Å². The summed E-state index contributed by atoms with van der Waals surface area (Å²) in [7, 11) is 0. The van der Waals surface area contributed by atoms with E-state index in [-0.39, 0.29) is 5.91 Å². The molecule has 0 saturated carbocycles. The highest BCUT2D eigenvalue weighted by Gasteiger charge is 2.21. The molecule has 0 atom stereocenters. The van der Waals surface area contributed by atoms with Gasteiger partial charge in [-0.2, -0.15) is 0 Å². The van der Waals surface area contributed by atoms with E-state index in [0.717, 1.165) is 25.2 Å². The summed E-state index contributed by atoms with van der Waals surface area (Å²) in [6, 6.07) is 10.4. The number of nitrogens with zero attached hydrogens (tertiary/aromatic N) is 2. The smallest absolute Gasteiger partial charge is 0.239 e. The van der Waals surface area contributed by atoms with Crippen LogP contribution in [0.4, 0.5) is 0 Å². The Morgan fingerprint density at radius 2 is 2.05 bits per heavy atom. The van der Waals surface area contributed by atoms with Gasteiger partial charge in [0.25, 0.3) is 0 Å². The maximum Gasteiger partial charge on any atom is 0.239 e. The topological polar surface area (TPSA) is 72.9 Å². The summed E-state index contributed by atoms with van der Waals surface area (Å²) < 4.78 is 2.08. The molecule has 118 valence electrons. The third-order valence-electron chi connectivity index (χ3n) is 3.50. The molecule has 2 rings (SSSR count). The standard InChI is InChI=1S/C17H24N4O/c1-17(2,18)16(22)20-13-15-19-10-12-21(15)11-6-9-14-7-4-3-5-8-14/h3-5,7-8,10,12H,6,9,11,13,18H2,1-2H3,(H,20,22). The first-order valence-corrected chi connectivity index (χ1v) is 7.58. The Labute approximate surface area is 131 Å². The average Bonchev–Trinajstić information content (AvgIpc) is 2.92. The van der Waals surface area contributed by atoms with Crippen molar-refractivity contribution in [1.82, 2.24) is 14.9 Å². The van der Waals surface area contributed by atoms with E-state index in [1.807, 2.05) is 12.3 Å². The van der Waals surface area contributed by atoms with E-state index in [1.54, 1.807) is 20.0 Å². The molecule has 1 heterocycles. The fourth-order valence-corrected chi connectivity index (χ4v) is 2.20. The van der Waals surface area contributed by atoms with Crippen molar-refractivity contribution in [1.29, 1.82) is 0 Å².